The lowest BCUT2D eigenvalue weighted by Gasteiger charge is -2.22. The van der Waals surface area contributed by atoms with Gasteiger partial charge in [-0.05, 0) is 30.7 Å². The zero-order chi connectivity index (χ0) is 22.6. The molecule has 1 aliphatic rings. The summed E-state index contributed by atoms with van der Waals surface area (Å²) in [6.07, 6.45) is -2.16. The first-order valence-electron chi connectivity index (χ1n) is 10.0. The molecule has 2 aromatic rings. The average Bonchev–Trinajstić information content (AvgIpc) is 3.15. The highest BCUT2D eigenvalue weighted by Gasteiger charge is 2.31. The van der Waals surface area contributed by atoms with Gasteiger partial charge in [-0.25, -0.2) is 4.98 Å². The number of benzene rings is 1. The minimum atomic E-state index is -4.32. The summed E-state index contributed by atoms with van der Waals surface area (Å²) in [5.74, 6) is 1.24. The Kier molecular flexibility index (Phi) is 6.87. The molecule has 0 saturated carbocycles. The Balaban J connectivity index is 1.58. The van der Waals surface area contributed by atoms with Gasteiger partial charge in [-0.3, -0.25) is 4.79 Å². The third kappa shape index (κ3) is 6.47. The summed E-state index contributed by atoms with van der Waals surface area (Å²) in [4.78, 5) is 22.4. The highest BCUT2D eigenvalue weighted by atomic mass is 19.4. The molecule has 1 aliphatic heterocycles. The second kappa shape index (κ2) is 9.40. The molecule has 1 amide bonds. The summed E-state index contributed by atoms with van der Waals surface area (Å²) >= 11 is 0. The maximum absolute atomic E-state index is 12.6. The van der Waals surface area contributed by atoms with Crippen LogP contribution >= 0.6 is 0 Å². The predicted octanol–water partition coefficient (Wildman–Crippen LogP) is 3.33. The van der Waals surface area contributed by atoms with Crippen LogP contribution in [0.3, 0.4) is 0 Å². The Morgan fingerprint density at radius 3 is 2.68 bits per heavy atom. The molecule has 0 spiro atoms. The van der Waals surface area contributed by atoms with Gasteiger partial charge in [-0.2, -0.15) is 18.2 Å². The fourth-order valence-corrected chi connectivity index (χ4v) is 3.49. The van der Waals surface area contributed by atoms with Crippen molar-refractivity contribution in [1.82, 2.24) is 15.3 Å². The SMILES string of the molecule is CC(=O)N[C@@H](C)c1ccc(O[C@@H]2CCN(c3ccnc(N(C)CC(F)(F)F)n3)C2)cc1. The van der Waals surface area contributed by atoms with Crippen LogP contribution in [0.15, 0.2) is 36.5 Å². The Labute approximate surface area is 179 Å². The van der Waals surface area contributed by atoms with Crippen LogP contribution in [-0.4, -0.2) is 54.8 Å². The van der Waals surface area contributed by atoms with E-state index < -0.39 is 12.7 Å². The number of hydrogen-bond acceptors (Lipinski definition) is 6. The lowest BCUT2D eigenvalue weighted by Crippen LogP contribution is -2.32. The third-order valence-corrected chi connectivity index (χ3v) is 4.96. The van der Waals surface area contributed by atoms with E-state index >= 15 is 0 Å². The van der Waals surface area contributed by atoms with Crippen molar-refractivity contribution >= 4 is 17.7 Å². The monoisotopic (exact) mass is 437 g/mol. The van der Waals surface area contributed by atoms with E-state index in [1.54, 1.807) is 6.07 Å². The van der Waals surface area contributed by atoms with Crippen molar-refractivity contribution in [3.05, 3.63) is 42.1 Å². The number of anilines is 2. The molecular formula is C21H26F3N5O2. The molecule has 31 heavy (non-hydrogen) atoms. The molecule has 0 aliphatic carbocycles. The fourth-order valence-electron chi connectivity index (χ4n) is 3.49. The van der Waals surface area contributed by atoms with E-state index in [0.29, 0.717) is 18.9 Å². The van der Waals surface area contributed by atoms with Crippen molar-refractivity contribution in [1.29, 1.82) is 0 Å². The zero-order valence-corrected chi connectivity index (χ0v) is 17.7. The number of carbonyl (C=O) groups excluding carboxylic acids is 1. The molecule has 1 aromatic heterocycles. The largest absolute Gasteiger partial charge is 0.489 e. The van der Waals surface area contributed by atoms with Gasteiger partial charge in [-0.15, -0.1) is 0 Å². The third-order valence-electron chi connectivity index (χ3n) is 4.96. The topological polar surface area (TPSA) is 70.6 Å². The van der Waals surface area contributed by atoms with Gasteiger partial charge in [-0.1, -0.05) is 12.1 Å². The first-order valence-corrected chi connectivity index (χ1v) is 10.0. The summed E-state index contributed by atoms with van der Waals surface area (Å²) in [5, 5.41) is 2.84. The van der Waals surface area contributed by atoms with E-state index in [2.05, 4.69) is 15.3 Å². The second-order valence-corrected chi connectivity index (χ2v) is 7.65. The molecule has 0 radical (unpaired) electrons. The maximum Gasteiger partial charge on any atom is 0.406 e. The first-order chi connectivity index (χ1) is 14.6. The van der Waals surface area contributed by atoms with Crippen molar-refractivity contribution in [2.45, 2.75) is 38.6 Å². The zero-order valence-electron chi connectivity index (χ0n) is 17.7. The standard InChI is InChI=1S/C21H26F3N5O2/c1-14(26-15(2)30)16-4-6-17(7-5-16)31-18-9-11-29(12-18)19-8-10-25-20(27-19)28(3)13-21(22,23)24/h4-8,10,14,18H,9,11-13H2,1-3H3,(H,26,30)/t14-,18+/m0/s1. The number of amides is 1. The molecule has 2 heterocycles. The summed E-state index contributed by atoms with van der Waals surface area (Å²) < 4.78 is 44.0. The van der Waals surface area contributed by atoms with Crippen LogP contribution in [0.2, 0.25) is 0 Å². The number of alkyl halides is 3. The Morgan fingerprint density at radius 2 is 2.03 bits per heavy atom. The Morgan fingerprint density at radius 1 is 1.32 bits per heavy atom. The molecule has 7 nitrogen and oxygen atoms in total. The molecule has 3 rings (SSSR count). The van der Waals surface area contributed by atoms with Crippen molar-refractivity contribution in [3.8, 4) is 5.75 Å². The molecule has 10 heteroatoms. The van der Waals surface area contributed by atoms with E-state index in [9.17, 15) is 18.0 Å². The van der Waals surface area contributed by atoms with Gasteiger partial charge in [0.2, 0.25) is 11.9 Å². The lowest BCUT2D eigenvalue weighted by atomic mass is 10.1. The maximum atomic E-state index is 12.6. The van der Waals surface area contributed by atoms with Crippen molar-refractivity contribution in [2.24, 2.45) is 0 Å². The Bertz CT molecular complexity index is 891. The molecule has 1 aromatic carbocycles. The number of halogens is 3. The van der Waals surface area contributed by atoms with Crippen LogP contribution in [-0.2, 0) is 4.79 Å². The van der Waals surface area contributed by atoms with Crippen LogP contribution in [0.25, 0.3) is 0 Å². The predicted molar refractivity (Wildman–Crippen MR) is 111 cm³/mol. The summed E-state index contributed by atoms with van der Waals surface area (Å²) in [6.45, 7) is 3.53. The van der Waals surface area contributed by atoms with E-state index in [1.165, 1.54) is 20.2 Å². The molecule has 1 saturated heterocycles. The molecule has 0 bridgehead atoms. The normalized spacial score (nSPS) is 17.4. The summed E-state index contributed by atoms with van der Waals surface area (Å²) in [7, 11) is 1.32. The van der Waals surface area contributed by atoms with E-state index in [0.717, 1.165) is 22.6 Å². The van der Waals surface area contributed by atoms with E-state index in [1.807, 2.05) is 36.1 Å². The number of hydrogen-bond donors (Lipinski definition) is 1. The molecular weight excluding hydrogens is 411 g/mol. The van der Waals surface area contributed by atoms with Gasteiger partial charge in [0, 0.05) is 33.1 Å². The van der Waals surface area contributed by atoms with Gasteiger partial charge in [0.25, 0.3) is 0 Å². The lowest BCUT2D eigenvalue weighted by molar-refractivity contribution is -0.120. The quantitative estimate of drug-likeness (QED) is 0.717. The van der Waals surface area contributed by atoms with E-state index in [4.69, 9.17) is 4.74 Å². The van der Waals surface area contributed by atoms with Gasteiger partial charge >= 0.3 is 6.18 Å². The number of aromatic nitrogens is 2. The highest BCUT2D eigenvalue weighted by Crippen LogP contribution is 2.25. The van der Waals surface area contributed by atoms with Gasteiger partial charge in [0.1, 0.15) is 24.2 Å². The molecule has 1 N–H and O–H groups in total. The number of nitrogens with zero attached hydrogens (tertiary/aromatic N) is 4. The minimum absolute atomic E-state index is 0.0306. The number of ether oxygens (including phenoxy) is 1. The average molecular weight is 437 g/mol. The van der Waals surface area contributed by atoms with Crippen LogP contribution < -0.4 is 19.9 Å². The second-order valence-electron chi connectivity index (χ2n) is 7.65. The number of nitrogens with one attached hydrogen (secondary N) is 1. The van der Waals surface area contributed by atoms with Crippen molar-refractivity contribution < 1.29 is 22.7 Å². The minimum Gasteiger partial charge on any atom is -0.489 e. The summed E-state index contributed by atoms with van der Waals surface area (Å²) in [6, 6.07) is 9.16. The fraction of sp³-hybridized carbons (Fsp3) is 0.476. The molecule has 2 atom stereocenters. The Hall–Kier alpha value is -3.04. The molecule has 1 fully saturated rings. The summed E-state index contributed by atoms with van der Waals surface area (Å²) in [5.41, 5.74) is 0.979. The van der Waals surface area contributed by atoms with Gasteiger partial charge in [0.05, 0.1) is 12.6 Å². The highest BCUT2D eigenvalue weighted by molar-refractivity contribution is 5.73. The van der Waals surface area contributed by atoms with Crippen LogP contribution in [0, 0.1) is 0 Å². The molecule has 168 valence electrons. The van der Waals surface area contributed by atoms with Crippen LogP contribution in [0.5, 0.6) is 5.75 Å². The van der Waals surface area contributed by atoms with Gasteiger partial charge in [0.15, 0.2) is 0 Å². The van der Waals surface area contributed by atoms with Crippen LogP contribution in [0.1, 0.15) is 31.9 Å². The van der Waals surface area contributed by atoms with Gasteiger partial charge < -0.3 is 19.9 Å². The number of carbonyl (C=O) groups is 1. The van der Waals surface area contributed by atoms with E-state index in [-0.39, 0.29) is 24.0 Å². The molecule has 0 unspecified atom stereocenters. The van der Waals surface area contributed by atoms with Crippen LogP contribution in [0.4, 0.5) is 24.9 Å². The smallest absolute Gasteiger partial charge is 0.406 e. The van der Waals surface area contributed by atoms with Crippen molar-refractivity contribution in [3.63, 3.8) is 0 Å². The van der Waals surface area contributed by atoms with Crippen molar-refractivity contribution in [2.75, 3.05) is 36.5 Å². The number of rotatable bonds is 7. The first kappa shape index (κ1) is 22.6.